The molecule has 3 aromatic rings. The lowest BCUT2D eigenvalue weighted by Crippen LogP contribution is -2.33. The summed E-state index contributed by atoms with van der Waals surface area (Å²) in [6.45, 7) is 2.11. The lowest BCUT2D eigenvalue weighted by Gasteiger charge is -2.19. The SMILES string of the molecule is COc1ccc(C(CC(=O)NCc2ccco2)NS(=O)(=O)c2ccc(C)cc2)cc1. The number of methoxy groups -OCH3 is 1. The Labute approximate surface area is 176 Å². The molecule has 1 amide bonds. The van der Waals surface area contributed by atoms with Crippen LogP contribution in [-0.2, 0) is 21.4 Å². The van der Waals surface area contributed by atoms with Crippen LogP contribution >= 0.6 is 0 Å². The zero-order valence-electron chi connectivity index (χ0n) is 16.8. The topological polar surface area (TPSA) is 97.6 Å². The predicted molar refractivity (Wildman–Crippen MR) is 112 cm³/mol. The van der Waals surface area contributed by atoms with Gasteiger partial charge in [0.25, 0.3) is 0 Å². The number of furan rings is 1. The number of nitrogens with one attached hydrogen (secondary N) is 2. The van der Waals surface area contributed by atoms with Gasteiger partial charge in [0.15, 0.2) is 0 Å². The van der Waals surface area contributed by atoms with E-state index < -0.39 is 16.1 Å². The maximum atomic E-state index is 12.9. The number of amides is 1. The second-order valence-corrected chi connectivity index (χ2v) is 8.53. The van der Waals surface area contributed by atoms with Crippen molar-refractivity contribution in [3.8, 4) is 5.75 Å². The zero-order valence-corrected chi connectivity index (χ0v) is 17.6. The van der Waals surface area contributed by atoms with Gasteiger partial charge in [-0.15, -0.1) is 0 Å². The molecular weight excluding hydrogens is 404 g/mol. The lowest BCUT2D eigenvalue weighted by atomic mass is 10.0. The minimum absolute atomic E-state index is 0.0713. The summed E-state index contributed by atoms with van der Waals surface area (Å²) in [7, 11) is -2.27. The molecule has 7 nitrogen and oxygen atoms in total. The number of rotatable bonds is 9. The van der Waals surface area contributed by atoms with E-state index >= 15 is 0 Å². The third-order valence-electron chi connectivity index (χ3n) is 4.58. The van der Waals surface area contributed by atoms with Crippen molar-refractivity contribution in [2.24, 2.45) is 0 Å². The fourth-order valence-electron chi connectivity index (χ4n) is 2.89. The molecule has 8 heteroatoms. The average Bonchev–Trinajstić information content (AvgIpc) is 3.26. The van der Waals surface area contributed by atoms with E-state index in [0.717, 1.165) is 5.56 Å². The highest BCUT2D eigenvalue weighted by Crippen LogP contribution is 2.23. The van der Waals surface area contributed by atoms with Gasteiger partial charge in [0.2, 0.25) is 15.9 Å². The number of benzene rings is 2. The summed E-state index contributed by atoms with van der Waals surface area (Å²) >= 11 is 0. The van der Waals surface area contributed by atoms with Crippen LogP contribution in [0.5, 0.6) is 5.75 Å². The van der Waals surface area contributed by atoms with Gasteiger partial charge in [0.05, 0.1) is 30.9 Å². The average molecular weight is 429 g/mol. The number of hydrogen-bond acceptors (Lipinski definition) is 5. The molecule has 2 N–H and O–H groups in total. The van der Waals surface area contributed by atoms with Crippen LogP contribution < -0.4 is 14.8 Å². The molecule has 0 aliphatic rings. The summed E-state index contributed by atoms with van der Waals surface area (Å²) in [6, 6.07) is 16.2. The molecule has 2 aromatic carbocycles. The molecule has 0 spiro atoms. The molecule has 0 radical (unpaired) electrons. The van der Waals surface area contributed by atoms with E-state index in [2.05, 4.69) is 10.0 Å². The van der Waals surface area contributed by atoms with Crippen molar-refractivity contribution in [1.82, 2.24) is 10.0 Å². The van der Waals surface area contributed by atoms with E-state index in [-0.39, 0.29) is 23.8 Å². The summed E-state index contributed by atoms with van der Waals surface area (Å²) in [5, 5.41) is 2.75. The first-order valence-electron chi connectivity index (χ1n) is 9.39. The van der Waals surface area contributed by atoms with Gasteiger partial charge in [-0.25, -0.2) is 13.1 Å². The second-order valence-electron chi connectivity index (χ2n) is 6.82. The Hall–Kier alpha value is -3.10. The Bertz CT molecular complexity index is 1060. The first-order chi connectivity index (χ1) is 14.4. The van der Waals surface area contributed by atoms with E-state index in [1.807, 2.05) is 6.92 Å². The Morgan fingerprint density at radius 3 is 2.37 bits per heavy atom. The van der Waals surface area contributed by atoms with E-state index in [9.17, 15) is 13.2 Å². The van der Waals surface area contributed by atoms with Crippen LogP contribution in [0.2, 0.25) is 0 Å². The normalized spacial score (nSPS) is 12.3. The molecule has 1 aromatic heterocycles. The third-order valence-corrected chi connectivity index (χ3v) is 6.06. The molecule has 0 aliphatic carbocycles. The van der Waals surface area contributed by atoms with E-state index in [1.54, 1.807) is 67.8 Å². The van der Waals surface area contributed by atoms with Gasteiger partial charge < -0.3 is 14.5 Å². The maximum Gasteiger partial charge on any atom is 0.241 e. The molecule has 0 aliphatic heterocycles. The van der Waals surface area contributed by atoms with Gasteiger partial charge in [0.1, 0.15) is 11.5 Å². The van der Waals surface area contributed by atoms with Gasteiger partial charge >= 0.3 is 0 Å². The molecule has 3 rings (SSSR count). The first kappa shape index (κ1) is 21.6. The molecule has 0 fully saturated rings. The van der Waals surface area contributed by atoms with Crippen LogP contribution in [0.1, 0.15) is 29.3 Å². The van der Waals surface area contributed by atoms with Gasteiger partial charge in [-0.1, -0.05) is 29.8 Å². The van der Waals surface area contributed by atoms with E-state index in [0.29, 0.717) is 17.1 Å². The molecule has 0 saturated carbocycles. The summed E-state index contributed by atoms with van der Waals surface area (Å²) in [4.78, 5) is 12.6. The van der Waals surface area contributed by atoms with Gasteiger partial charge in [-0.3, -0.25) is 4.79 Å². The van der Waals surface area contributed by atoms with Crippen molar-refractivity contribution in [3.63, 3.8) is 0 Å². The molecule has 0 saturated heterocycles. The zero-order chi connectivity index (χ0) is 21.6. The summed E-state index contributed by atoms with van der Waals surface area (Å²) in [5.41, 5.74) is 1.61. The van der Waals surface area contributed by atoms with Crippen LogP contribution in [0, 0.1) is 6.92 Å². The summed E-state index contributed by atoms with van der Waals surface area (Å²) in [6.07, 6.45) is 1.45. The minimum atomic E-state index is -3.82. The number of hydrogen-bond donors (Lipinski definition) is 2. The number of carbonyl (C=O) groups is 1. The van der Waals surface area contributed by atoms with Crippen molar-refractivity contribution in [2.75, 3.05) is 7.11 Å². The number of aryl methyl sites for hydroxylation is 1. The lowest BCUT2D eigenvalue weighted by molar-refractivity contribution is -0.121. The Balaban J connectivity index is 1.79. The molecule has 30 heavy (non-hydrogen) atoms. The Kier molecular flexibility index (Phi) is 6.91. The highest BCUT2D eigenvalue weighted by atomic mass is 32.2. The molecule has 0 bridgehead atoms. The highest BCUT2D eigenvalue weighted by Gasteiger charge is 2.24. The fraction of sp³-hybridized carbons (Fsp3) is 0.227. The second kappa shape index (κ2) is 9.60. The van der Waals surface area contributed by atoms with Crippen LogP contribution in [-0.4, -0.2) is 21.4 Å². The summed E-state index contributed by atoms with van der Waals surface area (Å²) in [5.74, 6) is 0.949. The third kappa shape index (κ3) is 5.71. The number of carbonyl (C=O) groups excluding carboxylic acids is 1. The van der Waals surface area contributed by atoms with Crippen LogP contribution in [0.15, 0.2) is 76.2 Å². The van der Waals surface area contributed by atoms with Crippen molar-refractivity contribution in [2.45, 2.75) is 30.8 Å². The van der Waals surface area contributed by atoms with Crippen LogP contribution in [0.25, 0.3) is 0 Å². The van der Waals surface area contributed by atoms with Crippen molar-refractivity contribution in [3.05, 3.63) is 83.8 Å². The smallest absolute Gasteiger partial charge is 0.241 e. The quantitative estimate of drug-likeness (QED) is 0.545. The van der Waals surface area contributed by atoms with Crippen LogP contribution in [0.3, 0.4) is 0 Å². The number of sulfonamides is 1. The van der Waals surface area contributed by atoms with Gasteiger partial charge in [-0.2, -0.15) is 0 Å². The van der Waals surface area contributed by atoms with E-state index in [4.69, 9.17) is 9.15 Å². The van der Waals surface area contributed by atoms with Crippen molar-refractivity contribution < 1.29 is 22.4 Å². The molecule has 158 valence electrons. The monoisotopic (exact) mass is 428 g/mol. The van der Waals surface area contributed by atoms with Gasteiger partial charge in [-0.05, 0) is 48.9 Å². The van der Waals surface area contributed by atoms with Crippen molar-refractivity contribution >= 4 is 15.9 Å². The van der Waals surface area contributed by atoms with Gasteiger partial charge in [0, 0.05) is 6.42 Å². The summed E-state index contributed by atoms with van der Waals surface area (Å²) < 4.78 is 38.8. The number of ether oxygens (including phenoxy) is 1. The standard InChI is InChI=1S/C22H24N2O5S/c1-16-5-11-20(12-6-16)30(26,27)24-21(17-7-9-18(28-2)10-8-17)14-22(25)23-15-19-4-3-13-29-19/h3-13,21,24H,14-15H2,1-2H3,(H,23,25). The minimum Gasteiger partial charge on any atom is -0.497 e. The molecule has 1 heterocycles. The molecular formula is C22H24N2O5S. The molecule has 1 unspecified atom stereocenters. The van der Waals surface area contributed by atoms with Crippen molar-refractivity contribution in [1.29, 1.82) is 0 Å². The first-order valence-corrected chi connectivity index (χ1v) is 10.9. The predicted octanol–water partition coefficient (Wildman–Crippen LogP) is 3.32. The largest absolute Gasteiger partial charge is 0.497 e. The van der Waals surface area contributed by atoms with Crippen LogP contribution in [0.4, 0.5) is 0 Å². The highest BCUT2D eigenvalue weighted by molar-refractivity contribution is 7.89. The molecule has 1 atom stereocenters. The fourth-order valence-corrected chi connectivity index (χ4v) is 4.12. The Morgan fingerprint density at radius 1 is 1.07 bits per heavy atom. The Morgan fingerprint density at radius 2 is 1.77 bits per heavy atom. The maximum absolute atomic E-state index is 12.9. The van der Waals surface area contributed by atoms with E-state index in [1.165, 1.54) is 6.26 Å².